The summed E-state index contributed by atoms with van der Waals surface area (Å²) in [4.78, 5) is 11.8. The van der Waals surface area contributed by atoms with Crippen LogP contribution in [0.15, 0.2) is 52.0 Å². The Kier molecular flexibility index (Phi) is 6.31. The van der Waals surface area contributed by atoms with E-state index < -0.39 is 0 Å². The summed E-state index contributed by atoms with van der Waals surface area (Å²) in [5.74, 6) is -0.117. The predicted octanol–water partition coefficient (Wildman–Crippen LogP) is 4.41. The summed E-state index contributed by atoms with van der Waals surface area (Å²) in [5.41, 5.74) is 4.25. The molecule has 2 rings (SSSR count). The maximum atomic E-state index is 12.8. The summed E-state index contributed by atoms with van der Waals surface area (Å²) in [5, 5.41) is 3.81. The largest absolute Gasteiger partial charge is 0.483 e. The van der Waals surface area contributed by atoms with Crippen molar-refractivity contribution in [1.82, 2.24) is 5.43 Å². The predicted molar refractivity (Wildman–Crippen MR) is 100 cm³/mol. The van der Waals surface area contributed by atoms with Crippen molar-refractivity contribution in [3.8, 4) is 5.75 Å². The number of carbonyl (C=O) groups excluding carboxylic acids is 1. The minimum atomic E-state index is -0.384. The highest BCUT2D eigenvalue weighted by Crippen LogP contribution is 2.31. The van der Waals surface area contributed by atoms with E-state index in [2.05, 4.69) is 47.2 Å². The number of hydrogen-bond donors (Lipinski definition) is 1. The lowest BCUT2D eigenvalue weighted by Crippen LogP contribution is -2.24. The van der Waals surface area contributed by atoms with Crippen LogP contribution in [0.2, 0.25) is 0 Å². The van der Waals surface area contributed by atoms with Gasteiger partial charge in [0.15, 0.2) is 6.61 Å². The Labute approximate surface area is 155 Å². The van der Waals surface area contributed by atoms with Crippen LogP contribution in [0.3, 0.4) is 0 Å². The van der Waals surface area contributed by atoms with Crippen LogP contribution in [0.1, 0.15) is 31.9 Å². The van der Waals surface area contributed by atoms with Crippen LogP contribution in [0.4, 0.5) is 4.39 Å². The van der Waals surface area contributed by atoms with Gasteiger partial charge in [-0.05, 0) is 56.7 Å². The second-order valence-electron chi connectivity index (χ2n) is 6.53. The molecule has 0 saturated heterocycles. The van der Waals surface area contributed by atoms with Crippen LogP contribution in [0, 0.1) is 5.82 Å². The van der Waals surface area contributed by atoms with Crippen molar-refractivity contribution in [2.45, 2.75) is 26.2 Å². The highest BCUT2D eigenvalue weighted by atomic mass is 79.9. The van der Waals surface area contributed by atoms with Crippen molar-refractivity contribution in [2.75, 3.05) is 6.61 Å². The molecule has 132 valence electrons. The van der Waals surface area contributed by atoms with Crippen molar-refractivity contribution in [2.24, 2.45) is 5.10 Å². The third-order valence-electron chi connectivity index (χ3n) is 3.43. The number of nitrogens with one attached hydrogen (secondary N) is 1. The van der Waals surface area contributed by atoms with Crippen LogP contribution in [-0.2, 0) is 10.2 Å². The number of ether oxygens (including phenoxy) is 1. The smallest absolute Gasteiger partial charge is 0.277 e. The molecule has 6 heteroatoms. The highest BCUT2D eigenvalue weighted by Gasteiger charge is 2.15. The number of halogens is 2. The summed E-state index contributed by atoms with van der Waals surface area (Å²) >= 11 is 3.46. The molecule has 0 aliphatic heterocycles. The topological polar surface area (TPSA) is 50.7 Å². The zero-order valence-corrected chi connectivity index (χ0v) is 15.9. The third kappa shape index (κ3) is 5.98. The summed E-state index contributed by atoms with van der Waals surface area (Å²) in [6, 6.07) is 11.6. The maximum absolute atomic E-state index is 12.8. The van der Waals surface area contributed by atoms with Crippen LogP contribution in [0.25, 0.3) is 0 Å². The number of nitrogens with zero attached hydrogens (tertiary/aromatic N) is 1. The van der Waals surface area contributed by atoms with Crippen molar-refractivity contribution in [1.29, 1.82) is 0 Å². The Bertz CT molecular complexity index is 768. The molecule has 0 atom stereocenters. The maximum Gasteiger partial charge on any atom is 0.277 e. The van der Waals surface area contributed by atoms with E-state index in [9.17, 15) is 9.18 Å². The molecule has 0 spiro atoms. The van der Waals surface area contributed by atoms with Crippen molar-refractivity contribution in [3.63, 3.8) is 0 Å². The zero-order valence-electron chi connectivity index (χ0n) is 14.3. The Hall–Kier alpha value is -2.21. The molecular formula is C19H20BrFN2O2. The SMILES string of the molecule is CC(C)(C)c1ccc(OCC(=O)N/N=C/c2ccc(F)cc2)c(Br)c1. The van der Waals surface area contributed by atoms with Gasteiger partial charge in [-0.3, -0.25) is 4.79 Å². The number of hydrogen-bond acceptors (Lipinski definition) is 3. The third-order valence-corrected chi connectivity index (χ3v) is 4.05. The molecule has 0 aliphatic rings. The van der Waals surface area contributed by atoms with E-state index in [1.807, 2.05) is 18.2 Å². The summed E-state index contributed by atoms with van der Waals surface area (Å²) < 4.78 is 19.1. The number of hydrazone groups is 1. The van der Waals surface area contributed by atoms with E-state index in [0.29, 0.717) is 11.3 Å². The molecule has 1 N–H and O–H groups in total. The fourth-order valence-corrected chi connectivity index (χ4v) is 2.48. The van der Waals surface area contributed by atoms with Gasteiger partial charge in [0, 0.05) is 0 Å². The van der Waals surface area contributed by atoms with E-state index in [4.69, 9.17) is 4.74 Å². The van der Waals surface area contributed by atoms with Crippen molar-refractivity contribution < 1.29 is 13.9 Å². The molecule has 1 amide bonds. The van der Waals surface area contributed by atoms with Gasteiger partial charge < -0.3 is 4.74 Å². The average molecular weight is 407 g/mol. The number of amides is 1. The fraction of sp³-hybridized carbons (Fsp3) is 0.263. The molecule has 0 fully saturated rings. The van der Waals surface area contributed by atoms with Gasteiger partial charge >= 0.3 is 0 Å². The highest BCUT2D eigenvalue weighted by molar-refractivity contribution is 9.10. The molecule has 2 aromatic rings. The van der Waals surface area contributed by atoms with E-state index in [-0.39, 0.29) is 23.7 Å². The molecule has 0 heterocycles. The van der Waals surface area contributed by atoms with Gasteiger partial charge in [0.05, 0.1) is 10.7 Å². The van der Waals surface area contributed by atoms with Gasteiger partial charge in [0.25, 0.3) is 5.91 Å². The first-order valence-corrected chi connectivity index (χ1v) is 8.55. The van der Waals surface area contributed by atoms with Crippen molar-refractivity contribution >= 4 is 28.1 Å². The number of rotatable bonds is 5. The standard InChI is InChI=1S/C19H20BrFN2O2/c1-19(2,3)14-6-9-17(16(20)10-14)25-12-18(24)23-22-11-13-4-7-15(21)8-5-13/h4-11H,12H2,1-3H3,(H,23,24)/b22-11+. The molecule has 4 nitrogen and oxygen atoms in total. The van der Waals surface area contributed by atoms with Crippen LogP contribution < -0.4 is 10.2 Å². The zero-order chi connectivity index (χ0) is 18.4. The van der Waals surface area contributed by atoms with E-state index in [0.717, 1.165) is 4.47 Å². The van der Waals surface area contributed by atoms with Gasteiger partial charge in [-0.15, -0.1) is 0 Å². The van der Waals surface area contributed by atoms with Gasteiger partial charge in [0.2, 0.25) is 0 Å². The molecule has 0 unspecified atom stereocenters. The normalized spacial score (nSPS) is 11.6. The van der Waals surface area contributed by atoms with Gasteiger partial charge in [-0.2, -0.15) is 5.10 Å². The van der Waals surface area contributed by atoms with Gasteiger partial charge in [0.1, 0.15) is 11.6 Å². The van der Waals surface area contributed by atoms with Crippen LogP contribution >= 0.6 is 15.9 Å². The van der Waals surface area contributed by atoms with Gasteiger partial charge in [-0.1, -0.05) is 39.0 Å². The minimum absolute atomic E-state index is 0.0352. The molecule has 2 aromatic carbocycles. The van der Waals surface area contributed by atoms with Crippen molar-refractivity contribution in [3.05, 3.63) is 63.9 Å². The summed E-state index contributed by atoms with van der Waals surface area (Å²) in [7, 11) is 0. The Balaban J connectivity index is 1.86. The molecular weight excluding hydrogens is 387 g/mol. The first kappa shape index (κ1) is 19.1. The molecule has 0 aromatic heterocycles. The van der Waals surface area contributed by atoms with E-state index in [1.54, 1.807) is 12.1 Å². The Morgan fingerprint density at radius 2 is 1.92 bits per heavy atom. The van der Waals surface area contributed by atoms with Crippen LogP contribution in [-0.4, -0.2) is 18.7 Å². The van der Waals surface area contributed by atoms with Crippen LogP contribution in [0.5, 0.6) is 5.75 Å². The number of benzene rings is 2. The Morgan fingerprint density at radius 3 is 2.52 bits per heavy atom. The summed E-state index contributed by atoms with van der Waals surface area (Å²) in [6.07, 6.45) is 1.44. The molecule has 0 radical (unpaired) electrons. The first-order valence-electron chi connectivity index (χ1n) is 7.76. The van der Waals surface area contributed by atoms with Gasteiger partial charge in [-0.25, -0.2) is 9.82 Å². The number of carbonyl (C=O) groups is 1. The Morgan fingerprint density at radius 1 is 1.24 bits per heavy atom. The molecule has 25 heavy (non-hydrogen) atoms. The van der Waals surface area contributed by atoms with E-state index in [1.165, 1.54) is 23.9 Å². The lowest BCUT2D eigenvalue weighted by Gasteiger charge is -2.20. The molecule has 0 aliphatic carbocycles. The second-order valence-corrected chi connectivity index (χ2v) is 7.38. The first-order chi connectivity index (χ1) is 11.8. The monoisotopic (exact) mass is 406 g/mol. The average Bonchev–Trinajstić information content (AvgIpc) is 2.54. The molecule has 0 saturated carbocycles. The minimum Gasteiger partial charge on any atom is -0.483 e. The fourth-order valence-electron chi connectivity index (χ4n) is 1.99. The lowest BCUT2D eigenvalue weighted by molar-refractivity contribution is -0.123. The lowest BCUT2D eigenvalue weighted by atomic mass is 9.87. The van der Waals surface area contributed by atoms with E-state index >= 15 is 0 Å². The summed E-state index contributed by atoms with van der Waals surface area (Å²) in [6.45, 7) is 6.22. The quantitative estimate of drug-likeness (QED) is 0.590. The second kappa shape index (κ2) is 8.25. The molecule has 0 bridgehead atoms.